The maximum atomic E-state index is 12.9. The molecule has 0 spiro atoms. The van der Waals surface area contributed by atoms with Gasteiger partial charge in [-0.25, -0.2) is 0 Å². The minimum Gasteiger partial charge on any atom is -0.462 e. The second kappa shape index (κ2) is 65.6. The number of hydrogen-bond donors (Lipinski definition) is 0. The Bertz CT molecular complexity index is 1570. The molecule has 0 aliphatic carbocycles. The SMILES string of the molecule is CC/C=C\C/C=C\C/C=C\C/C=C\C/C=C\C/C=C\C/C=C\CCCCCCCCCC(=O)OCC(COC(=O)CCCCCCC/C=C\CCC)OC(=O)CCCCCCCCCCC/C=C\CCCCCCCCCC. The first-order chi connectivity index (χ1) is 38.5. The molecule has 0 bridgehead atoms. The lowest BCUT2D eigenvalue weighted by molar-refractivity contribution is -0.167. The van der Waals surface area contributed by atoms with Crippen molar-refractivity contribution in [2.45, 2.75) is 316 Å². The summed E-state index contributed by atoms with van der Waals surface area (Å²) in [4.78, 5) is 38.2. The van der Waals surface area contributed by atoms with Gasteiger partial charge in [-0.15, -0.1) is 0 Å². The number of rotatable bonds is 59. The van der Waals surface area contributed by atoms with E-state index < -0.39 is 6.10 Å². The molecular formula is C72H122O6. The largest absolute Gasteiger partial charge is 0.462 e. The Morgan fingerprint density at radius 1 is 0.269 bits per heavy atom. The molecule has 0 fully saturated rings. The molecule has 6 heteroatoms. The van der Waals surface area contributed by atoms with Crippen LogP contribution in [0.5, 0.6) is 0 Å². The molecule has 0 aromatic carbocycles. The lowest BCUT2D eigenvalue weighted by Crippen LogP contribution is -2.30. The van der Waals surface area contributed by atoms with E-state index in [-0.39, 0.29) is 31.1 Å². The molecule has 1 unspecified atom stereocenters. The van der Waals surface area contributed by atoms with Crippen LogP contribution in [0.25, 0.3) is 0 Å². The van der Waals surface area contributed by atoms with Gasteiger partial charge in [-0.2, -0.15) is 0 Å². The van der Waals surface area contributed by atoms with Crippen molar-refractivity contribution in [3.8, 4) is 0 Å². The van der Waals surface area contributed by atoms with E-state index in [9.17, 15) is 14.4 Å². The fraction of sp³-hybridized carbons (Fsp3) is 0.708. The van der Waals surface area contributed by atoms with Crippen LogP contribution < -0.4 is 0 Å². The van der Waals surface area contributed by atoms with Crippen molar-refractivity contribution < 1.29 is 28.6 Å². The molecule has 0 aromatic heterocycles. The van der Waals surface area contributed by atoms with Gasteiger partial charge in [0, 0.05) is 19.3 Å². The third kappa shape index (κ3) is 62.9. The Balaban J connectivity index is 4.27. The first-order valence-electron chi connectivity index (χ1n) is 32.9. The van der Waals surface area contributed by atoms with Crippen LogP contribution >= 0.6 is 0 Å². The molecule has 0 aliphatic rings. The van der Waals surface area contributed by atoms with Gasteiger partial charge in [0.1, 0.15) is 13.2 Å². The molecule has 1 atom stereocenters. The van der Waals surface area contributed by atoms with Gasteiger partial charge in [0.25, 0.3) is 0 Å². The van der Waals surface area contributed by atoms with Gasteiger partial charge in [-0.3, -0.25) is 14.4 Å². The van der Waals surface area contributed by atoms with Gasteiger partial charge >= 0.3 is 17.9 Å². The third-order valence-corrected chi connectivity index (χ3v) is 14.0. The number of esters is 3. The first-order valence-corrected chi connectivity index (χ1v) is 32.9. The molecule has 0 radical (unpaired) electrons. The predicted octanol–water partition coefficient (Wildman–Crippen LogP) is 22.6. The topological polar surface area (TPSA) is 78.9 Å². The van der Waals surface area contributed by atoms with Crippen LogP contribution in [-0.4, -0.2) is 37.2 Å². The normalized spacial score (nSPS) is 12.8. The van der Waals surface area contributed by atoms with E-state index in [1.165, 1.54) is 148 Å². The van der Waals surface area contributed by atoms with Crippen LogP contribution in [0.2, 0.25) is 0 Å². The zero-order chi connectivity index (χ0) is 56.4. The molecule has 0 N–H and O–H groups in total. The van der Waals surface area contributed by atoms with Crippen LogP contribution in [0.15, 0.2) is 109 Å². The molecular weight excluding hydrogens is 961 g/mol. The van der Waals surface area contributed by atoms with E-state index in [4.69, 9.17) is 14.2 Å². The Kier molecular flexibility index (Phi) is 62.3. The first kappa shape index (κ1) is 74.1. The predicted molar refractivity (Wildman–Crippen MR) is 339 cm³/mol. The van der Waals surface area contributed by atoms with Gasteiger partial charge in [0.15, 0.2) is 6.10 Å². The maximum Gasteiger partial charge on any atom is 0.306 e. The smallest absolute Gasteiger partial charge is 0.306 e. The summed E-state index contributed by atoms with van der Waals surface area (Å²) < 4.78 is 16.9. The van der Waals surface area contributed by atoms with Crippen molar-refractivity contribution in [1.29, 1.82) is 0 Å². The fourth-order valence-corrected chi connectivity index (χ4v) is 9.07. The number of allylic oxidation sites excluding steroid dienone is 18. The summed E-state index contributed by atoms with van der Waals surface area (Å²) in [6, 6.07) is 0. The Morgan fingerprint density at radius 3 is 0.846 bits per heavy atom. The Morgan fingerprint density at radius 2 is 0.526 bits per heavy atom. The Labute approximate surface area is 482 Å². The second-order valence-electron chi connectivity index (χ2n) is 21.6. The average Bonchev–Trinajstić information content (AvgIpc) is 3.44. The number of hydrogen-bond acceptors (Lipinski definition) is 6. The summed E-state index contributed by atoms with van der Waals surface area (Å²) in [5.74, 6) is -0.903. The van der Waals surface area contributed by atoms with Crippen molar-refractivity contribution in [3.05, 3.63) is 109 Å². The average molecular weight is 1080 g/mol. The highest BCUT2D eigenvalue weighted by Gasteiger charge is 2.19. The number of carbonyl (C=O) groups excluding carboxylic acids is 3. The van der Waals surface area contributed by atoms with E-state index in [2.05, 4.69) is 130 Å². The summed E-state index contributed by atoms with van der Waals surface area (Å²) in [7, 11) is 0. The summed E-state index contributed by atoms with van der Waals surface area (Å²) in [6.07, 6.45) is 89.6. The molecule has 0 saturated carbocycles. The van der Waals surface area contributed by atoms with E-state index in [0.717, 1.165) is 122 Å². The quantitative estimate of drug-likeness (QED) is 0.0261. The lowest BCUT2D eigenvalue weighted by atomic mass is 10.1. The third-order valence-electron chi connectivity index (χ3n) is 14.0. The van der Waals surface area contributed by atoms with E-state index >= 15 is 0 Å². The minimum absolute atomic E-state index is 0.0865. The van der Waals surface area contributed by atoms with Crippen molar-refractivity contribution in [2.75, 3.05) is 13.2 Å². The maximum absolute atomic E-state index is 12.9. The second-order valence-corrected chi connectivity index (χ2v) is 21.6. The molecule has 0 aromatic rings. The van der Waals surface area contributed by atoms with Crippen molar-refractivity contribution >= 4 is 17.9 Å². The number of carbonyl (C=O) groups is 3. The molecule has 6 nitrogen and oxygen atoms in total. The highest BCUT2D eigenvalue weighted by molar-refractivity contribution is 5.71. The number of unbranched alkanes of at least 4 members (excludes halogenated alkanes) is 30. The van der Waals surface area contributed by atoms with E-state index in [1.807, 2.05) is 0 Å². The van der Waals surface area contributed by atoms with Crippen LogP contribution in [0.3, 0.4) is 0 Å². The summed E-state index contributed by atoms with van der Waals surface area (Å²) in [5.41, 5.74) is 0. The van der Waals surface area contributed by atoms with Crippen LogP contribution in [0.1, 0.15) is 310 Å². The molecule has 0 saturated heterocycles. The molecule has 0 heterocycles. The molecule has 0 aliphatic heterocycles. The van der Waals surface area contributed by atoms with Crippen LogP contribution in [-0.2, 0) is 28.6 Å². The zero-order valence-corrected chi connectivity index (χ0v) is 51.2. The van der Waals surface area contributed by atoms with Crippen LogP contribution in [0, 0.1) is 0 Å². The molecule has 446 valence electrons. The molecule has 0 rings (SSSR count). The number of ether oxygens (including phenoxy) is 3. The Hall–Kier alpha value is -3.93. The molecule has 0 amide bonds. The lowest BCUT2D eigenvalue weighted by Gasteiger charge is -2.18. The van der Waals surface area contributed by atoms with E-state index in [1.54, 1.807) is 0 Å². The standard InChI is InChI=1S/C72H122O6/c1-4-7-10-13-16-19-22-24-26-28-30-32-33-34-35-36-37-38-39-41-42-44-46-48-50-53-56-59-62-65-71(74)77-68-69(67-76-70(73)64-61-58-55-52-21-18-15-12-9-6-3)78-72(75)66-63-60-57-54-51-49-47-45-43-40-31-29-27-25-23-20-17-14-11-8-5-2/h7,10,12,15-16,19,24,26,29-32,34-35,37-38,41-42,69H,4-6,8-9,11,13-14,17-18,20-23,25,27-28,33,36,39-40,43-68H2,1-3H3/b10-7-,15-12-,19-16-,26-24-,31-29-,32-30-,35-34-,38-37-,42-41-. The van der Waals surface area contributed by atoms with Gasteiger partial charge in [-0.05, 0) is 122 Å². The van der Waals surface area contributed by atoms with Crippen molar-refractivity contribution in [3.63, 3.8) is 0 Å². The van der Waals surface area contributed by atoms with Gasteiger partial charge in [0.05, 0.1) is 0 Å². The highest BCUT2D eigenvalue weighted by atomic mass is 16.6. The van der Waals surface area contributed by atoms with Crippen molar-refractivity contribution in [1.82, 2.24) is 0 Å². The van der Waals surface area contributed by atoms with Crippen LogP contribution in [0.4, 0.5) is 0 Å². The van der Waals surface area contributed by atoms with Gasteiger partial charge < -0.3 is 14.2 Å². The fourth-order valence-electron chi connectivity index (χ4n) is 9.07. The monoisotopic (exact) mass is 1080 g/mol. The van der Waals surface area contributed by atoms with Gasteiger partial charge in [0.2, 0.25) is 0 Å². The summed E-state index contributed by atoms with van der Waals surface area (Å²) >= 11 is 0. The summed E-state index contributed by atoms with van der Waals surface area (Å²) in [6.45, 7) is 6.47. The van der Waals surface area contributed by atoms with Crippen molar-refractivity contribution in [2.24, 2.45) is 0 Å². The molecule has 78 heavy (non-hydrogen) atoms. The highest BCUT2D eigenvalue weighted by Crippen LogP contribution is 2.16. The zero-order valence-electron chi connectivity index (χ0n) is 51.2. The van der Waals surface area contributed by atoms with E-state index in [0.29, 0.717) is 19.3 Å². The summed E-state index contributed by atoms with van der Waals surface area (Å²) in [5, 5.41) is 0. The minimum atomic E-state index is -0.789. The van der Waals surface area contributed by atoms with Gasteiger partial charge in [-0.1, -0.05) is 278 Å².